The molecule has 7 nitrogen and oxygen atoms in total. The summed E-state index contributed by atoms with van der Waals surface area (Å²) in [5.74, 6) is -0.863. The van der Waals surface area contributed by atoms with Gasteiger partial charge in [-0.05, 0) is 70.0 Å². The van der Waals surface area contributed by atoms with E-state index in [1.807, 2.05) is 0 Å². The zero-order chi connectivity index (χ0) is 30.0. The summed E-state index contributed by atoms with van der Waals surface area (Å²) in [6, 6.07) is 15.2. The summed E-state index contributed by atoms with van der Waals surface area (Å²) in [4.78, 5) is 4.37. The van der Waals surface area contributed by atoms with E-state index in [0.717, 1.165) is 23.4 Å². The minimum Gasteiger partial charge on any atom is -0.473 e. The molecule has 1 saturated carbocycles. The summed E-state index contributed by atoms with van der Waals surface area (Å²) < 4.78 is 85.7. The van der Waals surface area contributed by atoms with Crippen LogP contribution in [0.4, 0.5) is 17.6 Å². The van der Waals surface area contributed by atoms with Crippen LogP contribution in [0.15, 0.2) is 77.8 Å². The van der Waals surface area contributed by atoms with Crippen molar-refractivity contribution in [1.29, 1.82) is 0 Å². The molecule has 0 bridgehead atoms. The highest BCUT2D eigenvalue weighted by molar-refractivity contribution is 7.90. The molecule has 1 fully saturated rings. The molecule has 0 unspecified atom stereocenters. The van der Waals surface area contributed by atoms with E-state index in [4.69, 9.17) is 4.74 Å². The number of hydrogen-bond donors (Lipinski definition) is 2. The van der Waals surface area contributed by atoms with E-state index < -0.39 is 27.4 Å². The fourth-order valence-corrected chi connectivity index (χ4v) is 6.35. The van der Waals surface area contributed by atoms with Crippen LogP contribution in [0.25, 0.3) is 22.3 Å². The molecule has 0 radical (unpaired) electrons. The fourth-order valence-electron chi connectivity index (χ4n) is 5.72. The zero-order valence-electron chi connectivity index (χ0n) is 22.0. The predicted molar refractivity (Wildman–Crippen MR) is 143 cm³/mol. The first-order valence-corrected chi connectivity index (χ1v) is 14.8. The van der Waals surface area contributed by atoms with Crippen molar-refractivity contribution in [2.45, 2.75) is 36.1 Å². The Morgan fingerprint density at radius 3 is 2.19 bits per heavy atom. The summed E-state index contributed by atoms with van der Waals surface area (Å²) >= 11 is 0. The van der Waals surface area contributed by atoms with Gasteiger partial charge in [-0.3, -0.25) is 10.4 Å². The molecule has 0 spiro atoms. The second-order valence-corrected chi connectivity index (χ2v) is 12.6. The maximum Gasteiger partial charge on any atom is 0.417 e. The first-order chi connectivity index (χ1) is 19.8. The van der Waals surface area contributed by atoms with E-state index in [-0.39, 0.29) is 57.2 Å². The molecule has 218 valence electrons. The molecule has 0 amide bonds. The highest BCUT2D eigenvalue weighted by atomic mass is 32.2. The zero-order valence-corrected chi connectivity index (χ0v) is 22.8. The molecule has 1 aromatic heterocycles. The predicted octanol–water partition coefficient (Wildman–Crippen LogP) is 6.27. The number of ether oxygens (including phenoxy) is 1. The van der Waals surface area contributed by atoms with Gasteiger partial charge in [-0.15, -0.1) is 0 Å². The number of nitrogens with zero attached hydrogens (tertiary/aromatic N) is 2. The number of aromatic nitrogens is 1. The van der Waals surface area contributed by atoms with Crippen molar-refractivity contribution in [3.8, 4) is 28.1 Å². The maximum absolute atomic E-state index is 14.9. The van der Waals surface area contributed by atoms with Crippen molar-refractivity contribution < 1.29 is 41.1 Å². The topological polar surface area (TPSA) is 100.0 Å². The number of hydrogen-bond acceptors (Lipinski definition) is 7. The van der Waals surface area contributed by atoms with E-state index in [1.165, 1.54) is 24.3 Å². The van der Waals surface area contributed by atoms with Crippen molar-refractivity contribution in [3.05, 3.63) is 101 Å². The number of halogens is 4. The Morgan fingerprint density at radius 1 is 0.976 bits per heavy atom. The Labute approximate surface area is 238 Å². The van der Waals surface area contributed by atoms with Gasteiger partial charge in [0.05, 0.1) is 16.5 Å². The Morgan fingerprint density at radius 2 is 1.60 bits per heavy atom. The van der Waals surface area contributed by atoms with Crippen LogP contribution in [0.2, 0.25) is 0 Å². The molecule has 42 heavy (non-hydrogen) atoms. The molecule has 0 saturated heterocycles. The Hall–Kier alpha value is -3.84. The van der Waals surface area contributed by atoms with Crippen molar-refractivity contribution >= 4 is 9.84 Å². The first kappa shape index (κ1) is 28.3. The van der Waals surface area contributed by atoms with Crippen LogP contribution in [0.5, 0.6) is 5.88 Å². The summed E-state index contributed by atoms with van der Waals surface area (Å²) in [5, 5.41) is 18.8. The van der Waals surface area contributed by atoms with Gasteiger partial charge in [-0.1, -0.05) is 41.6 Å². The second-order valence-electron chi connectivity index (χ2n) is 10.6. The largest absolute Gasteiger partial charge is 0.473 e. The standard InChI is InChI=1S/C30H24F4N2O5S/c1-42(39,40)21-8-6-17(7-9-21)16-2-4-18(5-3-16)22-11-20(26(31)13-25(22)30(32,33)34)15-41-27-12-19-10-23-28(24(19)14-35-27)29(23)36(37)38/h2-9,11-14,23,28-29,37-38H,10,15H2,1H3/t23-,28-,29+/m1/s1. The molecular formula is C30H24F4N2O5S. The van der Waals surface area contributed by atoms with Crippen LogP contribution in [0.1, 0.15) is 28.2 Å². The highest BCUT2D eigenvalue weighted by Crippen LogP contribution is 2.58. The third-order valence-electron chi connectivity index (χ3n) is 7.89. The quantitative estimate of drug-likeness (QED) is 0.190. The van der Waals surface area contributed by atoms with Crippen LogP contribution in [0.3, 0.4) is 0 Å². The van der Waals surface area contributed by atoms with E-state index in [0.29, 0.717) is 23.6 Å². The Bertz CT molecular complexity index is 1780. The molecule has 2 aliphatic rings. The van der Waals surface area contributed by atoms with Crippen LogP contribution in [-0.2, 0) is 29.0 Å². The summed E-state index contributed by atoms with van der Waals surface area (Å²) in [5.41, 5.74) is 1.93. The molecule has 3 aromatic carbocycles. The van der Waals surface area contributed by atoms with Crippen LogP contribution in [0, 0.1) is 11.7 Å². The average molecular weight is 601 g/mol. The number of benzene rings is 3. The third-order valence-corrected chi connectivity index (χ3v) is 9.02. The normalized spacial score (nSPS) is 19.5. The Balaban J connectivity index is 1.25. The van der Waals surface area contributed by atoms with E-state index >= 15 is 0 Å². The number of hydroxylamine groups is 2. The molecule has 12 heteroatoms. The summed E-state index contributed by atoms with van der Waals surface area (Å²) in [7, 11) is -3.37. The molecule has 2 N–H and O–H groups in total. The van der Waals surface area contributed by atoms with Gasteiger partial charge in [0.25, 0.3) is 0 Å². The van der Waals surface area contributed by atoms with Crippen LogP contribution in [-0.4, -0.2) is 41.3 Å². The van der Waals surface area contributed by atoms with Gasteiger partial charge in [0.1, 0.15) is 12.4 Å². The number of alkyl halides is 3. The van der Waals surface area contributed by atoms with Gasteiger partial charge in [-0.2, -0.15) is 13.2 Å². The second kappa shape index (κ2) is 10.2. The lowest BCUT2D eigenvalue weighted by molar-refractivity contribution is -0.317. The highest BCUT2D eigenvalue weighted by Gasteiger charge is 2.59. The van der Waals surface area contributed by atoms with Gasteiger partial charge in [-0.25, -0.2) is 17.8 Å². The minimum absolute atomic E-state index is 0.0373. The van der Waals surface area contributed by atoms with Crippen molar-refractivity contribution in [2.24, 2.45) is 5.92 Å². The fraction of sp³-hybridized carbons (Fsp3) is 0.233. The van der Waals surface area contributed by atoms with Crippen molar-refractivity contribution in [2.75, 3.05) is 6.26 Å². The first-order valence-electron chi connectivity index (χ1n) is 12.9. The number of pyridine rings is 1. The lowest BCUT2D eigenvalue weighted by atomic mass is 9.94. The van der Waals surface area contributed by atoms with Crippen LogP contribution < -0.4 is 4.74 Å². The number of sulfone groups is 1. The van der Waals surface area contributed by atoms with Gasteiger partial charge in [0.2, 0.25) is 5.88 Å². The van der Waals surface area contributed by atoms with Crippen molar-refractivity contribution in [3.63, 3.8) is 0 Å². The lowest BCUT2D eigenvalue weighted by Gasteiger charge is -2.17. The molecule has 6 rings (SSSR count). The lowest BCUT2D eigenvalue weighted by Crippen LogP contribution is -2.21. The molecule has 3 atom stereocenters. The summed E-state index contributed by atoms with van der Waals surface area (Å²) in [6.07, 6.45) is -1.55. The molecular weight excluding hydrogens is 576 g/mol. The SMILES string of the molecule is CS(=O)(=O)c1ccc(-c2ccc(-c3cc(COc4cc5c(cn4)[C@H]4[C@@H](C5)[C@@H]4N(O)O)c(F)cc3C(F)(F)F)cc2)cc1. The smallest absolute Gasteiger partial charge is 0.417 e. The van der Waals surface area contributed by atoms with Gasteiger partial charge in [0, 0.05) is 30.0 Å². The minimum atomic E-state index is -4.81. The van der Waals surface area contributed by atoms with E-state index in [9.17, 15) is 36.4 Å². The van der Waals surface area contributed by atoms with E-state index in [2.05, 4.69) is 4.98 Å². The molecule has 4 aromatic rings. The number of rotatable bonds is 7. The summed E-state index contributed by atoms with van der Waals surface area (Å²) in [6.45, 7) is -0.357. The van der Waals surface area contributed by atoms with Crippen molar-refractivity contribution in [1.82, 2.24) is 10.2 Å². The third kappa shape index (κ3) is 5.26. The van der Waals surface area contributed by atoms with Gasteiger partial charge in [0.15, 0.2) is 9.84 Å². The number of fused-ring (bicyclic) bond motifs is 3. The molecule has 1 heterocycles. The van der Waals surface area contributed by atoms with Gasteiger partial charge < -0.3 is 4.74 Å². The monoisotopic (exact) mass is 600 g/mol. The molecule has 0 aliphatic heterocycles. The Kier molecular flexibility index (Phi) is 6.84. The molecule has 2 aliphatic carbocycles. The van der Waals surface area contributed by atoms with E-state index in [1.54, 1.807) is 36.5 Å². The van der Waals surface area contributed by atoms with Crippen LogP contribution >= 0.6 is 0 Å². The van der Waals surface area contributed by atoms with Gasteiger partial charge >= 0.3 is 6.18 Å². The average Bonchev–Trinajstić information content (AvgIpc) is 3.53. The maximum atomic E-state index is 14.9.